The van der Waals surface area contributed by atoms with Crippen molar-refractivity contribution in [3.05, 3.63) is 47.7 Å². The lowest BCUT2D eigenvalue weighted by Crippen LogP contribution is -2.48. The van der Waals surface area contributed by atoms with Crippen LogP contribution in [0.5, 0.6) is 0 Å². The normalized spacial score (nSPS) is 19.7. The molecule has 0 amide bonds. The van der Waals surface area contributed by atoms with Crippen LogP contribution in [0.3, 0.4) is 0 Å². The van der Waals surface area contributed by atoms with E-state index in [1.54, 1.807) is 0 Å². The fourth-order valence-electron chi connectivity index (χ4n) is 2.82. The van der Waals surface area contributed by atoms with Crippen molar-refractivity contribution in [3.63, 3.8) is 0 Å². The highest BCUT2D eigenvalue weighted by atomic mass is 28.4. The fraction of sp³-hybridized carbons (Fsp3) is 0.652. The van der Waals surface area contributed by atoms with Crippen LogP contribution < -0.4 is 0 Å². The summed E-state index contributed by atoms with van der Waals surface area (Å²) in [5, 5.41) is 1.06. The molecule has 0 saturated heterocycles. The monoisotopic (exact) mass is 392 g/mol. The number of hydrogen-bond acceptors (Lipinski definition) is 3. The largest absolute Gasteiger partial charge is 0.537 e. The van der Waals surface area contributed by atoms with Crippen LogP contribution in [0, 0.1) is 0 Å². The summed E-state index contributed by atoms with van der Waals surface area (Å²) in [5.74, 6) is 0. The minimum absolute atomic E-state index is 0.701. The molecule has 0 heterocycles. The molecule has 1 aliphatic rings. The summed E-state index contributed by atoms with van der Waals surface area (Å²) < 4.78 is 19.3. The Bertz CT molecular complexity index is 449. The van der Waals surface area contributed by atoms with Gasteiger partial charge in [0.2, 0.25) is 0 Å². The summed E-state index contributed by atoms with van der Waals surface area (Å²) in [5.41, 5.74) is 0. The molecule has 0 N–H and O–H groups in total. The summed E-state index contributed by atoms with van der Waals surface area (Å²) >= 11 is 0. The molecule has 0 aliphatic heterocycles. The number of hydrogen-bond donors (Lipinski definition) is 0. The number of unbranched alkanes of at least 4 members (excludes halogenated alkanes) is 6. The van der Waals surface area contributed by atoms with Gasteiger partial charge in [-0.3, -0.25) is 0 Å². The van der Waals surface area contributed by atoms with E-state index in [9.17, 15) is 0 Å². The maximum atomic E-state index is 6.45. The highest BCUT2D eigenvalue weighted by molar-refractivity contribution is 6.69. The molecule has 0 aromatic rings. The first-order valence-corrected chi connectivity index (χ1v) is 12.7. The molecular weight excluding hydrogens is 352 g/mol. The minimum atomic E-state index is -2.91. The van der Waals surface area contributed by atoms with Gasteiger partial charge < -0.3 is 13.3 Å². The predicted molar refractivity (Wildman–Crippen MR) is 118 cm³/mol. The quantitative estimate of drug-likeness (QED) is 0.216. The molecule has 4 heteroatoms. The molecule has 27 heavy (non-hydrogen) atoms. The van der Waals surface area contributed by atoms with Crippen molar-refractivity contribution in [2.24, 2.45) is 0 Å². The third-order valence-electron chi connectivity index (χ3n) is 4.47. The zero-order chi connectivity index (χ0) is 19.6. The molecule has 0 bridgehead atoms. The molecular formula is C23H40O3Si. The zero-order valence-corrected chi connectivity index (χ0v) is 18.8. The molecule has 0 unspecified atom stereocenters. The maximum Gasteiger partial charge on any atom is 0.537 e. The van der Waals surface area contributed by atoms with Crippen molar-refractivity contribution in [2.75, 3.05) is 19.8 Å². The molecule has 0 aromatic carbocycles. The van der Waals surface area contributed by atoms with Crippen LogP contribution in [-0.4, -0.2) is 28.6 Å². The van der Waals surface area contributed by atoms with E-state index in [-0.39, 0.29) is 0 Å². The van der Waals surface area contributed by atoms with E-state index in [0.29, 0.717) is 19.8 Å². The maximum absolute atomic E-state index is 6.45. The van der Waals surface area contributed by atoms with E-state index in [2.05, 4.69) is 45.1 Å². The van der Waals surface area contributed by atoms with Crippen LogP contribution in [0.15, 0.2) is 47.7 Å². The third-order valence-corrected chi connectivity index (χ3v) is 7.26. The standard InChI is InChI=1S/C23H40O3Si/c1-4-7-15-20-24-27(25-21-16-8-5-2,26-22-17-9-6-3)23-18-13-11-10-12-14-19-23/h10-14,18-19H,4-9,15-17,20-22H2,1-3H3/b11-10-,12-10?,13-11?,14-12-,18-13-,19-14?,23-18?,23-19+. The second-order valence-corrected chi connectivity index (χ2v) is 9.53. The lowest BCUT2D eigenvalue weighted by Gasteiger charge is -2.31. The first-order chi connectivity index (χ1) is 13.3. The molecule has 0 spiro atoms. The van der Waals surface area contributed by atoms with Gasteiger partial charge in [-0.05, 0) is 19.3 Å². The molecule has 0 radical (unpaired) electrons. The van der Waals surface area contributed by atoms with Crippen LogP contribution >= 0.6 is 0 Å². The summed E-state index contributed by atoms with van der Waals surface area (Å²) in [6, 6.07) is 0. The van der Waals surface area contributed by atoms with Gasteiger partial charge in [0.1, 0.15) is 0 Å². The van der Waals surface area contributed by atoms with Gasteiger partial charge in [0.15, 0.2) is 0 Å². The van der Waals surface area contributed by atoms with Crippen molar-refractivity contribution in [3.8, 4) is 0 Å². The molecule has 0 aromatic heterocycles. The molecule has 0 atom stereocenters. The lowest BCUT2D eigenvalue weighted by molar-refractivity contribution is 0.0652. The van der Waals surface area contributed by atoms with Gasteiger partial charge >= 0.3 is 8.80 Å². The van der Waals surface area contributed by atoms with Crippen molar-refractivity contribution < 1.29 is 13.3 Å². The zero-order valence-electron chi connectivity index (χ0n) is 17.8. The second-order valence-electron chi connectivity index (χ2n) is 6.97. The van der Waals surface area contributed by atoms with E-state index in [4.69, 9.17) is 13.3 Å². The van der Waals surface area contributed by atoms with Gasteiger partial charge in [-0.25, -0.2) is 0 Å². The molecule has 0 fully saturated rings. The average Bonchev–Trinajstić information content (AvgIpc) is 2.65. The predicted octanol–water partition coefficient (Wildman–Crippen LogP) is 6.69. The van der Waals surface area contributed by atoms with E-state index < -0.39 is 8.80 Å². The van der Waals surface area contributed by atoms with Crippen LogP contribution in [0.1, 0.15) is 78.6 Å². The Morgan fingerprint density at radius 2 is 1.04 bits per heavy atom. The van der Waals surface area contributed by atoms with Gasteiger partial charge in [-0.15, -0.1) is 0 Å². The Hall–Kier alpha value is -0.943. The van der Waals surface area contributed by atoms with Gasteiger partial charge in [0.25, 0.3) is 0 Å². The Morgan fingerprint density at radius 3 is 1.52 bits per heavy atom. The minimum Gasteiger partial charge on any atom is -0.370 e. The summed E-state index contributed by atoms with van der Waals surface area (Å²) in [4.78, 5) is 0. The first-order valence-electron chi connectivity index (χ1n) is 10.9. The number of allylic oxidation sites excluding steroid dienone is 8. The van der Waals surface area contributed by atoms with Gasteiger partial charge in [-0.2, -0.15) is 0 Å². The van der Waals surface area contributed by atoms with Crippen molar-refractivity contribution in [2.45, 2.75) is 78.6 Å². The first kappa shape index (κ1) is 24.1. The van der Waals surface area contributed by atoms with Crippen LogP contribution in [0.4, 0.5) is 0 Å². The Kier molecular flexibility index (Phi) is 14.3. The topological polar surface area (TPSA) is 27.7 Å². The van der Waals surface area contributed by atoms with E-state index in [0.717, 1.165) is 24.5 Å². The fourth-order valence-corrected chi connectivity index (χ4v) is 5.41. The van der Waals surface area contributed by atoms with E-state index >= 15 is 0 Å². The average molecular weight is 393 g/mol. The van der Waals surface area contributed by atoms with Crippen LogP contribution in [0.2, 0.25) is 0 Å². The summed E-state index contributed by atoms with van der Waals surface area (Å²) in [6.45, 7) is 8.74. The van der Waals surface area contributed by atoms with Crippen LogP contribution in [-0.2, 0) is 13.3 Å². The van der Waals surface area contributed by atoms with Crippen molar-refractivity contribution in [1.82, 2.24) is 0 Å². The third kappa shape index (κ3) is 10.2. The number of rotatable bonds is 16. The summed E-state index contributed by atoms with van der Waals surface area (Å²) in [6.07, 6.45) is 24.6. The van der Waals surface area contributed by atoms with E-state index in [1.165, 1.54) is 38.5 Å². The van der Waals surface area contributed by atoms with Gasteiger partial charge in [0.05, 0.1) is 0 Å². The summed E-state index contributed by atoms with van der Waals surface area (Å²) in [7, 11) is -2.91. The van der Waals surface area contributed by atoms with Crippen molar-refractivity contribution >= 4 is 8.80 Å². The van der Waals surface area contributed by atoms with Crippen LogP contribution in [0.25, 0.3) is 0 Å². The molecule has 0 saturated carbocycles. The second kappa shape index (κ2) is 16.1. The van der Waals surface area contributed by atoms with E-state index in [1.807, 2.05) is 18.2 Å². The SMILES string of the molecule is CCCCCO[Si](OCCCCC)(OCCCCC)C1=C/C=C\C=C/C=C\1. The Balaban J connectivity index is 2.95. The van der Waals surface area contributed by atoms with Gasteiger partial charge in [0, 0.05) is 25.0 Å². The highest BCUT2D eigenvalue weighted by Gasteiger charge is 2.44. The lowest BCUT2D eigenvalue weighted by atomic mass is 10.3. The Morgan fingerprint density at radius 1 is 0.593 bits per heavy atom. The van der Waals surface area contributed by atoms with Crippen molar-refractivity contribution in [1.29, 1.82) is 0 Å². The smallest absolute Gasteiger partial charge is 0.370 e. The molecule has 1 aliphatic carbocycles. The highest BCUT2D eigenvalue weighted by Crippen LogP contribution is 2.24. The molecule has 1 rings (SSSR count). The Labute approximate surface area is 168 Å². The molecule has 154 valence electrons. The molecule has 3 nitrogen and oxygen atoms in total. The van der Waals surface area contributed by atoms with Gasteiger partial charge in [-0.1, -0.05) is 102 Å².